The number of nitrogens with zero attached hydrogens (tertiary/aromatic N) is 1. The molecule has 0 saturated heterocycles. The molecule has 154 valence electrons. The van der Waals surface area contributed by atoms with Gasteiger partial charge in [-0.25, -0.2) is 9.59 Å². The lowest BCUT2D eigenvalue weighted by Crippen LogP contribution is -2.46. The Kier molecular flexibility index (Phi) is 6.11. The molecule has 29 heavy (non-hydrogen) atoms. The third kappa shape index (κ3) is 4.88. The molecule has 0 fully saturated rings. The van der Waals surface area contributed by atoms with Crippen molar-refractivity contribution in [3.05, 3.63) is 59.7 Å². The molecule has 6 heteroatoms. The first-order chi connectivity index (χ1) is 13.8. The Morgan fingerprint density at radius 3 is 2.45 bits per heavy atom. The molecule has 0 aromatic heterocycles. The van der Waals surface area contributed by atoms with E-state index in [0.717, 1.165) is 11.1 Å². The zero-order valence-electron chi connectivity index (χ0n) is 17.3. The van der Waals surface area contributed by atoms with Crippen molar-refractivity contribution in [2.45, 2.75) is 52.4 Å². The molecule has 1 aliphatic heterocycles. The molecule has 2 aromatic carbocycles. The lowest BCUT2D eigenvalue weighted by molar-refractivity contribution is -0.144. The first-order valence-corrected chi connectivity index (χ1v) is 9.77. The van der Waals surface area contributed by atoms with E-state index in [1.54, 1.807) is 33.8 Å². The van der Waals surface area contributed by atoms with E-state index in [1.165, 1.54) is 4.90 Å². The van der Waals surface area contributed by atoms with Crippen LogP contribution >= 0.6 is 0 Å². The minimum absolute atomic E-state index is 0.241. The number of benzene rings is 2. The molecule has 6 nitrogen and oxygen atoms in total. The summed E-state index contributed by atoms with van der Waals surface area (Å²) in [5.41, 5.74) is 1.77. The number of amides is 1. The molecule has 1 unspecified atom stereocenters. The van der Waals surface area contributed by atoms with Gasteiger partial charge in [0.25, 0.3) is 0 Å². The van der Waals surface area contributed by atoms with Crippen LogP contribution in [0.1, 0.15) is 38.8 Å². The highest BCUT2D eigenvalue weighted by Crippen LogP contribution is 2.39. The van der Waals surface area contributed by atoms with Crippen LogP contribution in [0.5, 0.6) is 5.75 Å². The Morgan fingerprint density at radius 1 is 1.07 bits per heavy atom. The topological polar surface area (TPSA) is 65.1 Å². The van der Waals surface area contributed by atoms with Crippen molar-refractivity contribution in [2.75, 3.05) is 11.5 Å². The lowest BCUT2D eigenvalue weighted by atomic mass is 10.1. The number of fused-ring (bicyclic) bond motifs is 1. The number of anilines is 1. The number of esters is 1. The molecule has 3 rings (SSSR count). The van der Waals surface area contributed by atoms with Gasteiger partial charge in [-0.1, -0.05) is 36.4 Å². The highest BCUT2D eigenvalue weighted by atomic mass is 16.6. The minimum atomic E-state index is -0.777. The van der Waals surface area contributed by atoms with Crippen molar-refractivity contribution in [1.82, 2.24) is 0 Å². The summed E-state index contributed by atoms with van der Waals surface area (Å²) in [7, 11) is 0. The number of carbonyl (C=O) groups is 2. The first-order valence-electron chi connectivity index (χ1n) is 9.77. The molecule has 0 bridgehead atoms. The van der Waals surface area contributed by atoms with Crippen LogP contribution in [0.3, 0.4) is 0 Å². The largest absolute Gasteiger partial charge is 0.489 e. The van der Waals surface area contributed by atoms with Crippen LogP contribution in [0.4, 0.5) is 10.5 Å². The van der Waals surface area contributed by atoms with E-state index in [9.17, 15) is 9.59 Å². The Hall–Kier alpha value is -3.02. The van der Waals surface area contributed by atoms with Gasteiger partial charge >= 0.3 is 12.1 Å². The quantitative estimate of drug-likeness (QED) is 0.695. The van der Waals surface area contributed by atoms with Gasteiger partial charge in [0, 0.05) is 12.0 Å². The lowest BCUT2D eigenvalue weighted by Gasteiger charge is -2.28. The Morgan fingerprint density at radius 2 is 1.79 bits per heavy atom. The third-order valence-electron chi connectivity index (χ3n) is 4.46. The standard InChI is InChI=1S/C23H27NO5/c1-5-27-21(25)19-14-17-18(24(19)22(26)29-23(2,3)4)12-9-13-20(17)28-15-16-10-7-6-8-11-16/h6-13,19H,5,14-15H2,1-4H3. The van der Waals surface area contributed by atoms with Crippen molar-refractivity contribution in [2.24, 2.45) is 0 Å². The van der Waals surface area contributed by atoms with Gasteiger partial charge in [0.15, 0.2) is 0 Å². The van der Waals surface area contributed by atoms with Crippen LogP contribution in [0, 0.1) is 0 Å². The molecular formula is C23H27NO5. The van der Waals surface area contributed by atoms with E-state index in [0.29, 0.717) is 24.5 Å². The third-order valence-corrected chi connectivity index (χ3v) is 4.46. The van der Waals surface area contributed by atoms with Crippen LogP contribution in [0.2, 0.25) is 0 Å². The van der Waals surface area contributed by atoms with Gasteiger partial charge in [-0.15, -0.1) is 0 Å². The van der Waals surface area contributed by atoms with Crippen LogP contribution in [0.25, 0.3) is 0 Å². The SMILES string of the molecule is CCOC(=O)C1Cc2c(OCc3ccccc3)cccc2N1C(=O)OC(C)(C)C. The molecule has 1 aliphatic rings. The molecule has 0 saturated carbocycles. The van der Waals surface area contributed by atoms with E-state index >= 15 is 0 Å². The van der Waals surface area contributed by atoms with Crippen molar-refractivity contribution in [3.8, 4) is 5.75 Å². The fourth-order valence-corrected chi connectivity index (χ4v) is 3.27. The normalized spacial score (nSPS) is 15.6. The van der Waals surface area contributed by atoms with E-state index in [2.05, 4.69) is 0 Å². The van der Waals surface area contributed by atoms with Crippen molar-refractivity contribution in [1.29, 1.82) is 0 Å². The summed E-state index contributed by atoms with van der Waals surface area (Å²) in [5, 5.41) is 0. The number of carbonyl (C=O) groups excluding carboxylic acids is 2. The van der Waals surface area contributed by atoms with Crippen molar-refractivity contribution < 1.29 is 23.8 Å². The molecule has 0 aliphatic carbocycles. The maximum absolute atomic E-state index is 12.9. The van der Waals surface area contributed by atoms with E-state index in [4.69, 9.17) is 14.2 Å². The second-order valence-electron chi connectivity index (χ2n) is 7.85. The average Bonchev–Trinajstić information content (AvgIpc) is 3.06. The van der Waals surface area contributed by atoms with E-state index < -0.39 is 23.7 Å². The van der Waals surface area contributed by atoms with Crippen molar-refractivity contribution in [3.63, 3.8) is 0 Å². The van der Waals surface area contributed by atoms with Gasteiger partial charge in [-0.2, -0.15) is 0 Å². The minimum Gasteiger partial charge on any atom is -0.489 e. The first kappa shape index (κ1) is 20.7. The van der Waals surface area contributed by atoms with Crippen LogP contribution in [-0.2, 0) is 27.3 Å². The molecule has 0 N–H and O–H groups in total. The molecule has 1 atom stereocenters. The second kappa shape index (κ2) is 8.55. The summed E-state index contributed by atoms with van der Waals surface area (Å²) >= 11 is 0. The fraction of sp³-hybridized carbons (Fsp3) is 0.391. The highest BCUT2D eigenvalue weighted by molar-refractivity contribution is 5.99. The smallest absolute Gasteiger partial charge is 0.415 e. The Bertz CT molecular complexity index is 873. The Labute approximate surface area is 171 Å². The fourth-order valence-electron chi connectivity index (χ4n) is 3.27. The van der Waals surface area contributed by atoms with Gasteiger partial charge < -0.3 is 14.2 Å². The molecular weight excluding hydrogens is 370 g/mol. The molecule has 1 heterocycles. The number of rotatable bonds is 5. The van der Waals surface area contributed by atoms with Gasteiger partial charge in [0.05, 0.1) is 12.3 Å². The zero-order chi connectivity index (χ0) is 21.0. The Balaban J connectivity index is 1.90. The summed E-state index contributed by atoms with van der Waals surface area (Å²) in [6, 6.07) is 14.5. The van der Waals surface area contributed by atoms with Gasteiger partial charge in [-0.05, 0) is 45.4 Å². The van der Waals surface area contributed by atoms with Crippen LogP contribution in [-0.4, -0.2) is 30.3 Å². The molecule has 0 radical (unpaired) electrons. The molecule has 1 amide bonds. The summed E-state index contributed by atoms with van der Waals surface area (Å²) < 4.78 is 16.8. The van der Waals surface area contributed by atoms with Gasteiger partial charge in [-0.3, -0.25) is 4.90 Å². The van der Waals surface area contributed by atoms with E-state index in [-0.39, 0.29) is 6.61 Å². The van der Waals surface area contributed by atoms with E-state index in [1.807, 2.05) is 42.5 Å². The second-order valence-corrected chi connectivity index (χ2v) is 7.85. The number of hydrogen-bond donors (Lipinski definition) is 0. The van der Waals surface area contributed by atoms with Crippen LogP contribution in [0.15, 0.2) is 48.5 Å². The van der Waals surface area contributed by atoms with Crippen molar-refractivity contribution >= 4 is 17.7 Å². The highest BCUT2D eigenvalue weighted by Gasteiger charge is 2.42. The molecule has 0 spiro atoms. The summed E-state index contributed by atoms with van der Waals surface area (Å²) in [6.45, 7) is 7.76. The predicted molar refractivity (Wildman–Crippen MR) is 110 cm³/mol. The number of ether oxygens (including phenoxy) is 3. The number of hydrogen-bond acceptors (Lipinski definition) is 5. The monoisotopic (exact) mass is 397 g/mol. The van der Waals surface area contributed by atoms with Gasteiger partial charge in [0.2, 0.25) is 0 Å². The molecule has 2 aromatic rings. The van der Waals surface area contributed by atoms with Crippen LogP contribution < -0.4 is 9.64 Å². The van der Waals surface area contributed by atoms with Gasteiger partial charge in [0.1, 0.15) is 24.0 Å². The maximum Gasteiger partial charge on any atom is 0.415 e. The zero-order valence-corrected chi connectivity index (χ0v) is 17.3. The summed E-state index contributed by atoms with van der Waals surface area (Å²) in [4.78, 5) is 26.8. The maximum atomic E-state index is 12.9. The average molecular weight is 397 g/mol. The predicted octanol–water partition coefficient (Wildman–Crippen LogP) is 4.49. The summed E-state index contributed by atoms with van der Waals surface area (Å²) in [6.07, 6.45) is -0.257. The summed E-state index contributed by atoms with van der Waals surface area (Å²) in [5.74, 6) is 0.190.